The Bertz CT molecular complexity index is 1050. The monoisotopic (exact) mass is 427 g/mol. The quantitative estimate of drug-likeness (QED) is 0.295. The van der Waals surface area contributed by atoms with E-state index in [-0.39, 0.29) is 51.2 Å². The van der Waals surface area contributed by atoms with Crippen LogP contribution in [0.1, 0.15) is 0 Å². The van der Waals surface area contributed by atoms with Crippen LogP contribution >= 0.6 is 15.9 Å². The second-order valence-corrected chi connectivity index (χ2v) is 7.25. The van der Waals surface area contributed by atoms with Crippen LogP contribution in [0.3, 0.4) is 0 Å². The van der Waals surface area contributed by atoms with Gasteiger partial charge >= 0.3 is 29.6 Å². The van der Waals surface area contributed by atoms with Gasteiger partial charge in [-0.1, -0.05) is 40.2 Å². The van der Waals surface area contributed by atoms with Crippen LogP contribution in [0.15, 0.2) is 74.2 Å². The normalized spacial score (nSPS) is 11.6. The molecule has 0 radical (unpaired) electrons. The summed E-state index contributed by atoms with van der Waals surface area (Å²) in [6, 6.07) is 14.7. The molecule has 0 unspecified atom stereocenters. The summed E-state index contributed by atoms with van der Waals surface area (Å²) in [7, 11) is -4.67. The van der Waals surface area contributed by atoms with E-state index in [0.29, 0.717) is 11.1 Å². The van der Waals surface area contributed by atoms with Crippen molar-refractivity contribution in [3.8, 4) is 0 Å². The predicted octanol–water partition coefficient (Wildman–Crippen LogP) is 1.51. The minimum absolute atomic E-state index is 0. The first-order valence-electron chi connectivity index (χ1n) is 6.81. The minimum atomic E-state index is -4.67. The zero-order valence-electron chi connectivity index (χ0n) is 13.2. The molecule has 9 heteroatoms. The molecule has 0 saturated carbocycles. The molecule has 0 aliphatic carbocycles. The predicted molar refractivity (Wildman–Crippen MR) is 94.6 cm³/mol. The Hall–Kier alpha value is -1.29. The molecule has 25 heavy (non-hydrogen) atoms. The van der Waals surface area contributed by atoms with Gasteiger partial charge in [-0.25, -0.2) is 8.42 Å². The molecule has 0 heterocycles. The third-order valence-corrected chi connectivity index (χ3v) is 4.80. The first-order valence-corrected chi connectivity index (χ1v) is 9.01. The number of nitrogens with two attached hydrogens (primary N) is 1. The topological polar surface area (TPSA) is 108 Å². The summed E-state index contributed by atoms with van der Waals surface area (Å²) < 4.78 is 35.5. The number of nitrogens with zero attached hydrogens (tertiary/aromatic N) is 2. The minimum Gasteiger partial charge on any atom is -0.744 e. The Morgan fingerprint density at radius 1 is 0.960 bits per heavy atom. The van der Waals surface area contributed by atoms with Gasteiger partial charge in [-0.05, 0) is 30.3 Å². The van der Waals surface area contributed by atoms with Gasteiger partial charge in [-0.15, -0.1) is 5.11 Å². The van der Waals surface area contributed by atoms with E-state index in [1.54, 1.807) is 42.5 Å². The van der Waals surface area contributed by atoms with E-state index >= 15 is 0 Å². The third kappa shape index (κ3) is 4.46. The molecule has 6 nitrogen and oxygen atoms in total. The number of hydrogen-bond acceptors (Lipinski definition) is 6. The van der Waals surface area contributed by atoms with E-state index in [0.717, 1.165) is 10.5 Å². The number of nitrogen functional groups attached to an aromatic ring is 1. The van der Waals surface area contributed by atoms with Crippen LogP contribution in [0.25, 0.3) is 10.8 Å². The molecule has 3 aromatic carbocycles. The van der Waals surface area contributed by atoms with Gasteiger partial charge in [0.15, 0.2) is 0 Å². The van der Waals surface area contributed by atoms with E-state index in [4.69, 9.17) is 5.73 Å². The van der Waals surface area contributed by atoms with Crippen LogP contribution in [-0.4, -0.2) is 13.0 Å². The molecule has 0 atom stereocenters. The van der Waals surface area contributed by atoms with Gasteiger partial charge in [0.1, 0.15) is 15.8 Å². The van der Waals surface area contributed by atoms with Crippen molar-refractivity contribution in [2.75, 3.05) is 5.73 Å². The number of anilines is 1. The standard InChI is InChI=1S/C16H12BrN3O3S.Na/c17-10-5-7-11(8-6-10)19-20-14-9-15(24(21,22)23)12-3-1-2-4-13(12)16(14)18;/h1-9H,18H2,(H,21,22,23);/q;+1/p-1. The summed E-state index contributed by atoms with van der Waals surface area (Å²) in [4.78, 5) is -0.364. The molecule has 0 amide bonds. The fourth-order valence-electron chi connectivity index (χ4n) is 2.26. The number of rotatable bonds is 3. The smallest absolute Gasteiger partial charge is 0.744 e. The molecule has 3 aromatic rings. The first kappa shape index (κ1) is 20.0. The van der Waals surface area contributed by atoms with Crippen LogP contribution in [0.4, 0.5) is 17.1 Å². The number of halogens is 1. The molecular weight excluding hydrogens is 417 g/mol. The van der Waals surface area contributed by atoms with Crippen LogP contribution < -0.4 is 35.3 Å². The second kappa shape index (κ2) is 7.94. The molecule has 0 aliphatic heterocycles. The van der Waals surface area contributed by atoms with E-state index in [1.807, 2.05) is 0 Å². The van der Waals surface area contributed by atoms with Crippen molar-refractivity contribution in [2.45, 2.75) is 4.90 Å². The fraction of sp³-hybridized carbons (Fsp3) is 0. The third-order valence-electron chi connectivity index (χ3n) is 3.40. The van der Waals surface area contributed by atoms with E-state index in [1.165, 1.54) is 6.07 Å². The van der Waals surface area contributed by atoms with Crippen LogP contribution in [0, 0.1) is 0 Å². The van der Waals surface area contributed by atoms with Gasteiger partial charge in [-0.2, -0.15) is 5.11 Å². The van der Waals surface area contributed by atoms with Gasteiger partial charge in [0.05, 0.1) is 16.3 Å². The summed E-state index contributed by atoms with van der Waals surface area (Å²) in [5.74, 6) is 0. The molecule has 0 saturated heterocycles. The van der Waals surface area contributed by atoms with Crippen molar-refractivity contribution < 1.29 is 42.5 Å². The molecule has 0 spiro atoms. The fourth-order valence-corrected chi connectivity index (χ4v) is 3.23. The maximum Gasteiger partial charge on any atom is 1.00 e. The molecular formula is C16H11BrN3NaO3S. The van der Waals surface area contributed by atoms with E-state index in [9.17, 15) is 13.0 Å². The van der Waals surface area contributed by atoms with Crippen molar-refractivity contribution >= 4 is 53.9 Å². The zero-order valence-corrected chi connectivity index (χ0v) is 17.6. The maximum absolute atomic E-state index is 11.5. The van der Waals surface area contributed by atoms with Gasteiger partial charge in [0.25, 0.3) is 0 Å². The van der Waals surface area contributed by atoms with Gasteiger partial charge in [-0.3, -0.25) is 0 Å². The Morgan fingerprint density at radius 2 is 1.56 bits per heavy atom. The number of benzene rings is 3. The SMILES string of the molecule is Nc1c(N=Nc2ccc(Br)cc2)cc(S(=O)(=O)[O-])c2ccccc12.[Na+]. The average Bonchev–Trinajstić information content (AvgIpc) is 2.55. The Labute approximate surface area is 175 Å². The second-order valence-electron chi connectivity index (χ2n) is 4.98. The van der Waals surface area contributed by atoms with E-state index in [2.05, 4.69) is 26.2 Å². The number of hydrogen-bond donors (Lipinski definition) is 1. The summed E-state index contributed by atoms with van der Waals surface area (Å²) in [5.41, 5.74) is 7.02. The van der Waals surface area contributed by atoms with Crippen molar-refractivity contribution in [3.63, 3.8) is 0 Å². The molecule has 2 N–H and O–H groups in total. The van der Waals surface area contributed by atoms with Gasteiger partial charge in [0, 0.05) is 15.2 Å². The average molecular weight is 428 g/mol. The zero-order chi connectivity index (χ0) is 17.3. The van der Waals surface area contributed by atoms with Crippen molar-refractivity contribution in [3.05, 3.63) is 59.1 Å². The molecule has 0 aliphatic rings. The van der Waals surface area contributed by atoms with Crippen LogP contribution in [-0.2, 0) is 10.1 Å². The Kier molecular flexibility index (Phi) is 6.36. The molecule has 3 rings (SSSR count). The summed E-state index contributed by atoms with van der Waals surface area (Å²) in [5, 5.41) is 8.76. The van der Waals surface area contributed by atoms with Crippen molar-refractivity contribution in [2.24, 2.45) is 10.2 Å². The number of fused-ring (bicyclic) bond motifs is 1. The van der Waals surface area contributed by atoms with Crippen LogP contribution in [0.2, 0.25) is 0 Å². The van der Waals surface area contributed by atoms with Crippen molar-refractivity contribution in [1.29, 1.82) is 0 Å². The molecule has 122 valence electrons. The Morgan fingerprint density at radius 3 is 2.16 bits per heavy atom. The Balaban J connectivity index is 0.00000225. The van der Waals surface area contributed by atoms with Gasteiger partial charge < -0.3 is 10.3 Å². The maximum atomic E-state index is 11.5. The number of azo groups is 1. The summed E-state index contributed by atoms with van der Waals surface area (Å²) in [6.07, 6.45) is 0. The largest absolute Gasteiger partial charge is 1.00 e. The molecule has 0 bridgehead atoms. The summed E-state index contributed by atoms with van der Waals surface area (Å²) >= 11 is 3.32. The summed E-state index contributed by atoms with van der Waals surface area (Å²) in [6.45, 7) is 0. The van der Waals surface area contributed by atoms with Crippen LogP contribution in [0.5, 0.6) is 0 Å². The molecule has 0 aromatic heterocycles. The van der Waals surface area contributed by atoms with Gasteiger partial charge in [0.2, 0.25) is 0 Å². The van der Waals surface area contributed by atoms with Crippen molar-refractivity contribution in [1.82, 2.24) is 0 Å². The van der Waals surface area contributed by atoms with E-state index < -0.39 is 10.1 Å². The first-order chi connectivity index (χ1) is 11.4. The molecule has 0 fully saturated rings.